The van der Waals surface area contributed by atoms with Gasteiger partial charge in [0.15, 0.2) is 0 Å². The highest BCUT2D eigenvalue weighted by atomic mass is 35.5. The van der Waals surface area contributed by atoms with E-state index in [1.165, 1.54) is 12.8 Å². The average molecular weight is 161 g/mol. The van der Waals surface area contributed by atoms with E-state index in [-0.39, 0.29) is 17.9 Å². The smallest absolute Gasteiger partial charge is 0.133 e. The van der Waals surface area contributed by atoms with Crippen LogP contribution in [0.25, 0.3) is 0 Å². The Balaban J connectivity index is 0.000000500. The summed E-state index contributed by atoms with van der Waals surface area (Å²) in [5.74, 6) is 0. The second kappa shape index (κ2) is 2.25. The Morgan fingerprint density at radius 1 is 1.60 bits per heavy atom. The monoisotopic (exact) mass is 160 g/mol. The van der Waals surface area contributed by atoms with Gasteiger partial charge in [-0.1, -0.05) is 5.16 Å². The van der Waals surface area contributed by atoms with E-state index in [2.05, 4.69) is 10.9 Å². The summed E-state index contributed by atoms with van der Waals surface area (Å²) < 4.78 is 4.69. The Bertz CT molecular complexity index is 206. The second-order valence-electron chi connectivity index (χ2n) is 2.69. The molecule has 1 aliphatic rings. The van der Waals surface area contributed by atoms with Crippen molar-refractivity contribution in [3.63, 3.8) is 0 Å². The lowest BCUT2D eigenvalue weighted by Crippen LogP contribution is -3.00. The van der Waals surface area contributed by atoms with E-state index in [0.717, 1.165) is 5.56 Å². The predicted molar refractivity (Wildman–Crippen MR) is 30.3 cm³/mol. The molecular weight excluding hydrogens is 152 g/mol. The second-order valence-corrected chi connectivity index (χ2v) is 2.69. The first-order chi connectivity index (χ1) is 4.31. The van der Waals surface area contributed by atoms with Crippen LogP contribution in [-0.4, -0.2) is 5.16 Å². The van der Waals surface area contributed by atoms with Crippen molar-refractivity contribution in [1.29, 1.82) is 0 Å². The number of hydrogen-bond acceptors (Lipinski definition) is 2. The van der Waals surface area contributed by atoms with Crippen LogP contribution in [-0.2, 0) is 5.54 Å². The summed E-state index contributed by atoms with van der Waals surface area (Å²) in [6, 6.07) is 0. The van der Waals surface area contributed by atoms with Gasteiger partial charge in [0.2, 0.25) is 0 Å². The first-order valence-corrected chi connectivity index (χ1v) is 3.06. The maximum atomic E-state index is 4.69. The summed E-state index contributed by atoms with van der Waals surface area (Å²) >= 11 is 0. The van der Waals surface area contributed by atoms with E-state index < -0.39 is 0 Å². The van der Waals surface area contributed by atoms with Crippen molar-refractivity contribution in [2.24, 2.45) is 0 Å². The summed E-state index contributed by atoms with van der Waals surface area (Å²) in [5, 5.41) is 3.61. The molecule has 0 radical (unpaired) electrons. The quantitative estimate of drug-likeness (QED) is 0.474. The minimum atomic E-state index is 0. The van der Waals surface area contributed by atoms with Crippen LogP contribution in [0.3, 0.4) is 0 Å². The topological polar surface area (TPSA) is 53.7 Å². The molecule has 4 heteroatoms. The van der Waals surface area contributed by atoms with E-state index in [0.29, 0.717) is 0 Å². The molecule has 1 heterocycles. The Hall–Kier alpha value is -0.540. The van der Waals surface area contributed by atoms with Crippen molar-refractivity contribution < 1.29 is 22.7 Å². The maximum Gasteiger partial charge on any atom is 0.133 e. The summed E-state index contributed by atoms with van der Waals surface area (Å²) in [6.45, 7) is 0. The molecule has 2 rings (SSSR count). The number of aromatic nitrogens is 1. The molecule has 0 unspecified atom stereocenters. The summed E-state index contributed by atoms with van der Waals surface area (Å²) in [4.78, 5) is 0. The fourth-order valence-electron chi connectivity index (χ4n) is 0.906. The van der Waals surface area contributed by atoms with E-state index in [4.69, 9.17) is 4.52 Å². The highest BCUT2D eigenvalue weighted by Gasteiger charge is 2.46. The Morgan fingerprint density at radius 3 is 2.70 bits per heavy atom. The lowest BCUT2D eigenvalue weighted by atomic mass is 10.1. The largest absolute Gasteiger partial charge is 1.00 e. The zero-order chi connectivity index (χ0) is 6.32. The van der Waals surface area contributed by atoms with Crippen LogP contribution in [0.2, 0.25) is 0 Å². The predicted octanol–water partition coefficient (Wildman–Crippen LogP) is -3.09. The highest BCUT2D eigenvalue weighted by molar-refractivity contribution is 5.18. The number of hydrogen-bond donors (Lipinski definition) is 1. The van der Waals surface area contributed by atoms with Crippen LogP contribution >= 0.6 is 0 Å². The van der Waals surface area contributed by atoms with Gasteiger partial charge >= 0.3 is 0 Å². The molecule has 1 fully saturated rings. The van der Waals surface area contributed by atoms with Crippen molar-refractivity contribution in [2.75, 3.05) is 0 Å². The Morgan fingerprint density at radius 2 is 2.30 bits per heavy atom. The fourth-order valence-corrected chi connectivity index (χ4v) is 0.906. The van der Waals surface area contributed by atoms with E-state index in [1.54, 1.807) is 12.5 Å². The first kappa shape index (κ1) is 7.57. The maximum absolute atomic E-state index is 4.69. The van der Waals surface area contributed by atoms with Gasteiger partial charge in [-0.05, 0) is 0 Å². The molecule has 1 saturated carbocycles. The number of halogens is 1. The molecule has 0 aliphatic heterocycles. The van der Waals surface area contributed by atoms with Crippen molar-refractivity contribution in [3.05, 3.63) is 18.0 Å². The van der Waals surface area contributed by atoms with Gasteiger partial charge in [0.1, 0.15) is 11.8 Å². The zero-order valence-corrected chi connectivity index (χ0v) is 6.27. The normalized spacial score (nSPS) is 19.7. The Kier molecular flexibility index (Phi) is 1.70. The molecule has 0 spiro atoms. The van der Waals surface area contributed by atoms with Gasteiger partial charge in [-0.25, -0.2) is 0 Å². The van der Waals surface area contributed by atoms with Gasteiger partial charge in [-0.2, -0.15) is 0 Å². The summed E-state index contributed by atoms with van der Waals surface area (Å²) in [7, 11) is 0. The lowest BCUT2D eigenvalue weighted by molar-refractivity contribution is -0.446. The fraction of sp³-hybridized carbons (Fsp3) is 0.500. The van der Waals surface area contributed by atoms with Gasteiger partial charge in [-0.15, -0.1) is 0 Å². The molecule has 0 aromatic carbocycles. The van der Waals surface area contributed by atoms with Gasteiger partial charge < -0.3 is 22.7 Å². The third-order valence-electron chi connectivity index (χ3n) is 1.90. The van der Waals surface area contributed by atoms with Crippen LogP contribution < -0.4 is 18.1 Å². The SMILES string of the molecule is [Cl-].[NH3+]C1(c2cnoc2)CC1. The molecule has 0 bridgehead atoms. The molecule has 1 aromatic heterocycles. The minimum absolute atomic E-state index is 0. The average Bonchev–Trinajstić information content (AvgIpc) is 2.46. The Labute approximate surface area is 65.0 Å². The molecule has 0 amide bonds. The lowest BCUT2D eigenvalue weighted by Gasteiger charge is -1.95. The molecule has 56 valence electrons. The van der Waals surface area contributed by atoms with Crippen molar-refractivity contribution in [1.82, 2.24) is 5.16 Å². The number of nitrogens with zero attached hydrogens (tertiary/aromatic N) is 1. The van der Waals surface area contributed by atoms with Gasteiger partial charge in [0, 0.05) is 12.8 Å². The summed E-state index contributed by atoms with van der Waals surface area (Å²) in [5.41, 5.74) is 5.33. The van der Waals surface area contributed by atoms with Crippen LogP contribution in [0.15, 0.2) is 17.0 Å². The molecule has 0 saturated heterocycles. The number of quaternary nitrogens is 1. The molecule has 0 atom stereocenters. The standard InChI is InChI=1S/C6H8N2O.ClH/c7-6(1-2-6)5-3-8-9-4-5;/h3-4H,1-2,7H2;1H. The van der Waals surface area contributed by atoms with Crippen molar-refractivity contribution >= 4 is 0 Å². The van der Waals surface area contributed by atoms with Crippen LogP contribution in [0.1, 0.15) is 18.4 Å². The third kappa shape index (κ3) is 1.02. The highest BCUT2D eigenvalue weighted by Crippen LogP contribution is 2.39. The molecule has 3 N–H and O–H groups in total. The summed E-state index contributed by atoms with van der Waals surface area (Å²) in [6.07, 6.45) is 5.78. The van der Waals surface area contributed by atoms with Gasteiger partial charge in [-0.3, -0.25) is 0 Å². The molecular formula is C6H9ClN2O. The van der Waals surface area contributed by atoms with Crippen LogP contribution in [0.4, 0.5) is 0 Å². The van der Waals surface area contributed by atoms with E-state index in [9.17, 15) is 0 Å². The van der Waals surface area contributed by atoms with Crippen LogP contribution in [0, 0.1) is 0 Å². The van der Waals surface area contributed by atoms with Crippen LogP contribution in [0.5, 0.6) is 0 Å². The molecule has 1 aliphatic carbocycles. The van der Waals surface area contributed by atoms with Crippen molar-refractivity contribution in [3.8, 4) is 0 Å². The minimum Gasteiger partial charge on any atom is -1.00 e. The van der Waals surface area contributed by atoms with Gasteiger partial charge in [0.05, 0.1) is 11.8 Å². The van der Waals surface area contributed by atoms with Gasteiger partial charge in [0.25, 0.3) is 0 Å². The van der Waals surface area contributed by atoms with E-state index >= 15 is 0 Å². The molecule has 1 aromatic rings. The molecule has 3 nitrogen and oxygen atoms in total. The van der Waals surface area contributed by atoms with E-state index in [1.807, 2.05) is 0 Å². The zero-order valence-electron chi connectivity index (χ0n) is 5.51. The third-order valence-corrected chi connectivity index (χ3v) is 1.90. The number of rotatable bonds is 1. The first-order valence-electron chi connectivity index (χ1n) is 3.06. The molecule has 10 heavy (non-hydrogen) atoms. The van der Waals surface area contributed by atoms with Crippen molar-refractivity contribution in [2.45, 2.75) is 18.4 Å².